The lowest BCUT2D eigenvalue weighted by molar-refractivity contribution is -0.181. The van der Waals surface area contributed by atoms with E-state index in [-0.39, 0.29) is 5.91 Å². The Balaban J connectivity index is 1.71. The fourth-order valence-electron chi connectivity index (χ4n) is 2.85. The predicted octanol–water partition coefficient (Wildman–Crippen LogP) is 2.63. The molecule has 1 aromatic carbocycles. The Hall–Kier alpha value is -1.10. The van der Waals surface area contributed by atoms with Crippen molar-refractivity contribution in [2.24, 2.45) is 0 Å². The van der Waals surface area contributed by atoms with Gasteiger partial charge in [0.25, 0.3) is 5.91 Å². The number of halogens is 1. The van der Waals surface area contributed by atoms with Crippen LogP contribution in [0.1, 0.15) is 28.8 Å². The minimum absolute atomic E-state index is 0.0397. The van der Waals surface area contributed by atoms with Crippen LogP contribution < -0.4 is 0 Å². The van der Waals surface area contributed by atoms with Crippen molar-refractivity contribution in [3.63, 3.8) is 0 Å². The second kappa shape index (κ2) is 5.35. The lowest BCUT2D eigenvalue weighted by atomic mass is 10.0. The minimum Gasteiger partial charge on any atom is -0.347 e. The first-order valence-corrected chi connectivity index (χ1v) is 7.31. The topological polar surface area (TPSA) is 38.8 Å². The molecule has 1 amide bonds. The van der Waals surface area contributed by atoms with Crippen LogP contribution in [0.25, 0.3) is 0 Å². The van der Waals surface area contributed by atoms with Gasteiger partial charge < -0.3 is 14.4 Å². The van der Waals surface area contributed by atoms with Crippen LogP contribution in [0.5, 0.6) is 0 Å². The largest absolute Gasteiger partial charge is 0.347 e. The third-order valence-electron chi connectivity index (χ3n) is 4.12. The van der Waals surface area contributed by atoms with Crippen molar-refractivity contribution >= 4 is 17.5 Å². The third kappa shape index (κ3) is 2.43. The lowest BCUT2D eigenvalue weighted by Gasteiger charge is -2.37. The number of ether oxygens (including phenoxy) is 2. The van der Waals surface area contributed by atoms with Crippen LogP contribution in [0.15, 0.2) is 18.2 Å². The van der Waals surface area contributed by atoms with Gasteiger partial charge in [-0.3, -0.25) is 4.79 Å². The average Bonchev–Trinajstić information content (AvgIpc) is 2.90. The summed E-state index contributed by atoms with van der Waals surface area (Å²) in [6.45, 7) is 4.50. The smallest absolute Gasteiger partial charge is 0.254 e. The molecule has 5 heteroatoms. The summed E-state index contributed by atoms with van der Waals surface area (Å²) in [5, 5.41) is 0.631. The standard InChI is InChI=1S/C15H18ClNO3/c1-11-12(3-2-4-13(11)16)14(18)17-7-5-15(6-8-17)19-9-10-20-15/h2-4H,5-10H2,1H3. The molecular formula is C15H18ClNO3. The number of likely N-dealkylation sites (tertiary alicyclic amines) is 1. The highest BCUT2D eigenvalue weighted by molar-refractivity contribution is 6.31. The van der Waals surface area contributed by atoms with E-state index in [2.05, 4.69) is 0 Å². The summed E-state index contributed by atoms with van der Waals surface area (Å²) >= 11 is 6.08. The molecule has 0 aliphatic carbocycles. The van der Waals surface area contributed by atoms with Crippen LogP contribution in [-0.2, 0) is 9.47 Å². The summed E-state index contributed by atoms with van der Waals surface area (Å²) in [5.74, 6) is -0.405. The Morgan fingerprint density at radius 1 is 1.25 bits per heavy atom. The van der Waals surface area contributed by atoms with Gasteiger partial charge in [-0.15, -0.1) is 0 Å². The highest BCUT2D eigenvalue weighted by Gasteiger charge is 2.40. The van der Waals surface area contributed by atoms with Gasteiger partial charge in [0.05, 0.1) is 13.2 Å². The molecule has 0 saturated carbocycles. The molecule has 4 nitrogen and oxygen atoms in total. The number of benzene rings is 1. The zero-order valence-corrected chi connectivity index (χ0v) is 12.3. The summed E-state index contributed by atoms with van der Waals surface area (Å²) in [4.78, 5) is 14.4. The number of hydrogen-bond acceptors (Lipinski definition) is 3. The molecule has 1 aromatic rings. The average molecular weight is 296 g/mol. The molecule has 2 aliphatic rings. The molecule has 0 unspecified atom stereocenters. The second-order valence-corrected chi connectivity index (χ2v) is 5.72. The van der Waals surface area contributed by atoms with E-state index in [4.69, 9.17) is 21.1 Å². The number of nitrogens with zero attached hydrogens (tertiary/aromatic N) is 1. The number of piperidine rings is 1. The quantitative estimate of drug-likeness (QED) is 0.799. The summed E-state index contributed by atoms with van der Waals surface area (Å²) in [7, 11) is 0. The molecular weight excluding hydrogens is 278 g/mol. The van der Waals surface area contributed by atoms with Crippen LogP contribution in [0, 0.1) is 6.92 Å². The van der Waals surface area contributed by atoms with Crippen LogP contribution in [0.2, 0.25) is 5.02 Å². The van der Waals surface area contributed by atoms with Crippen molar-refractivity contribution in [1.29, 1.82) is 0 Å². The van der Waals surface area contributed by atoms with Crippen molar-refractivity contribution in [3.8, 4) is 0 Å². The second-order valence-electron chi connectivity index (χ2n) is 5.31. The maximum atomic E-state index is 12.6. The summed E-state index contributed by atoms with van der Waals surface area (Å²) in [6, 6.07) is 5.45. The molecule has 0 N–H and O–H groups in total. The van der Waals surface area contributed by atoms with E-state index in [0.717, 1.165) is 18.4 Å². The molecule has 2 fully saturated rings. The molecule has 2 aliphatic heterocycles. The number of carbonyl (C=O) groups excluding carboxylic acids is 1. The molecule has 0 atom stereocenters. The van der Waals surface area contributed by atoms with E-state index in [0.29, 0.717) is 36.9 Å². The Kier molecular flexibility index (Phi) is 3.71. The maximum Gasteiger partial charge on any atom is 0.254 e. The molecule has 2 saturated heterocycles. The first-order valence-electron chi connectivity index (χ1n) is 6.94. The zero-order valence-electron chi connectivity index (χ0n) is 11.5. The normalized spacial score (nSPS) is 21.4. The zero-order chi connectivity index (χ0) is 14.2. The Bertz CT molecular complexity index is 516. The van der Waals surface area contributed by atoms with Gasteiger partial charge in [0, 0.05) is 36.5 Å². The maximum absolute atomic E-state index is 12.6. The number of amides is 1. The van der Waals surface area contributed by atoms with E-state index in [9.17, 15) is 4.79 Å². The first-order chi connectivity index (χ1) is 9.61. The molecule has 2 heterocycles. The highest BCUT2D eigenvalue weighted by atomic mass is 35.5. The molecule has 108 valence electrons. The van der Waals surface area contributed by atoms with Crippen molar-refractivity contribution in [2.45, 2.75) is 25.6 Å². The van der Waals surface area contributed by atoms with Gasteiger partial charge in [0.2, 0.25) is 0 Å². The molecule has 20 heavy (non-hydrogen) atoms. The van der Waals surface area contributed by atoms with Gasteiger partial charge >= 0.3 is 0 Å². The summed E-state index contributed by atoms with van der Waals surface area (Å²) in [6.07, 6.45) is 1.47. The lowest BCUT2D eigenvalue weighted by Crippen LogP contribution is -2.47. The molecule has 0 radical (unpaired) electrons. The van der Waals surface area contributed by atoms with Crippen LogP contribution >= 0.6 is 11.6 Å². The van der Waals surface area contributed by atoms with Crippen molar-refractivity contribution in [2.75, 3.05) is 26.3 Å². The number of rotatable bonds is 1. The molecule has 0 aromatic heterocycles. The van der Waals surface area contributed by atoms with Gasteiger partial charge in [-0.25, -0.2) is 0 Å². The minimum atomic E-state index is -0.444. The highest BCUT2D eigenvalue weighted by Crippen LogP contribution is 2.32. The van der Waals surface area contributed by atoms with Gasteiger partial charge in [0.15, 0.2) is 5.79 Å². The monoisotopic (exact) mass is 295 g/mol. The van der Waals surface area contributed by atoms with Crippen molar-refractivity contribution < 1.29 is 14.3 Å². The fourth-order valence-corrected chi connectivity index (χ4v) is 3.02. The van der Waals surface area contributed by atoms with Crippen LogP contribution in [-0.4, -0.2) is 42.9 Å². The van der Waals surface area contributed by atoms with Gasteiger partial charge in [-0.1, -0.05) is 17.7 Å². The first kappa shape index (κ1) is 13.9. The Morgan fingerprint density at radius 3 is 2.55 bits per heavy atom. The van der Waals surface area contributed by atoms with Crippen molar-refractivity contribution in [3.05, 3.63) is 34.3 Å². The third-order valence-corrected chi connectivity index (χ3v) is 4.53. The molecule has 1 spiro atoms. The molecule has 3 rings (SSSR count). The van der Waals surface area contributed by atoms with E-state index >= 15 is 0 Å². The van der Waals surface area contributed by atoms with Crippen LogP contribution in [0.3, 0.4) is 0 Å². The molecule has 0 bridgehead atoms. The van der Waals surface area contributed by atoms with E-state index in [1.807, 2.05) is 24.0 Å². The van der Waals surface area contributed by atoms with E-state index in [1.54, 1.807) is 6.07 Å². The fraction of sp³-hybridized carbons (Fsp3) is 0.533. The number of carbonyl (C=O) groups is 1. The SMILES string of the molecule is Cc1c(Cl)cccc1C(=O)N1CCC2(CC1)OCCO2. The van der Waals surface area contributed by atoms with Crippen LogP contribution in [0.4, 0.5) is 0 Å². The van der Waals surface area contributed by atoms with E-state index in [1.165, 1.54) is 0 Å². The van der Waals surface area contributed by atoms with Gasteiger partial charge in [0.1, 0.15) is 0 Å². The van der Waals surface area contributed by atoms with Gasteiger partial charge in [-0.2, -0.15) is 0 Å². The van der Waals surface area contributed by atoms with Crippen molar-refractivity contribution in [1.82, 2.24) is 4.90 Å². The summed E-state index contributed by atoms with van der Waals surface area (Å²) in [5.41, 5.74) is 1.52. The Labute approximate surface area is 123 Å². The number of hydrogen-bond donors (Lipinski definition) is 0. The van der Waals surface area contributed by atoms with Gasteiger partial charge in [-0.05, 0) is 24.6 Å². The van der Waals surface area contributed by atoms with E-state index < -0.39 is 5.79 Å². The Morgan fingerprint density at radius 2 is 1.90 bits per heavy atom. The summed E-state index contributed by atoms with van der Waals surface area (Å²) < 4.78 is 11.4. The predicted molar refractivity (Wildman–Crippen MR) is 76.0 cm³/mol.